The summed E-state index contributed by atoms with van der Waals surface area (Å²) in [6.07, 6.45) is 1.05. The second kappa shape index (κ2) is 6.71. The number of benzene rings is 2. The maximum absolute atomic E-state index is 5.51. The van der Waals surface area contributed by atoms with Gasteiger partial charge in [-0.3, -0.25) is 4.99 Å². The van der Waals surface area contributed by atoms with Crippen molar-refractivity contribution in [2.75, 3.05) is 18.0 Å². The number of aryl methyl sites for hydroxylation is 1. The minimum Gasteiger partial charge on any atom is -0.316 e. The monoisotopic (exact) mass is 309 g/mol. The number of guanidine groups is 1. The smallest absolute Gasteiger partial charge is 0.203 e. The van der Waals surface area contributed by atoms with Crippen molar-refractivity contribution in [1.82, 2.24) is 5.32 Å². The number of nitrogens with zero attached hydrogens (tertiary/aromatic N) is 2. The summed E-state index contributed by atoms with van der Waals surface area (Å²) in [6, 6.07) is 18.5. The van der Waals surface area contributed by atoms with E-state index >= 15 is 0 Å². The minimum absolute atomic E-state index is 0.707. The lowest BCUT2D eigenvalue weighted by Crippen LogP contribution is -2.46. The van der Waals surface area contributed by atoms with Gasteiger partial charge in [-0.05, 0) is 25.5 Å². The van der Waals surface area contributed by atoms with Gasteiger partial charge in [0.25, 0.3) is 0 Å². The first kappa shape index (κ1) is 14.7. The van der Waals surface area contributed by atoms with Gasteiger partial charge >= 0.3 is 0 Å². The molecule has 1 aliphatic rings. The van der Waals surface area contributed by atoms with E-state index in [1.54, 1.807) is 0 Å². The molecule has 1 heterocycles. The summed E-state index contributed by atoms with van der Waals surface area (Å²) < 4.78 is 0. The van der Waals surface area contributed by atoms with Crippen molar-refractivity contribution in [1.29, 1.82) is 0 Å². The van der Waals surface area contributed by atoms with E-state index in [1.807, 2.05) is 30.3 Å². The number of anilines is 1. The van der Waals surface area contributed by atoms with Crippen LogP contribution >= 0.6 is 12.2 Å². The SMILES string of the molecule is Cc1ccc(N2CCCN=C2NC(=S)c2ccccc2)cc1. The van der Waals surface area contributed by atoms with Crippen LogP contribution in [0.4, 0.5) is 5.69 Å². The van der Waals surface area contributed by atoms with Crippen LogP contribution in [0.3, 0.4) is 0 Å². The van der Waals surface area contributed by atoms with Crippen molar-refractivity contribution in [3.05, 3.63) is 65.7 Å². The van der Waals surface area contributed by atoms with E-state index in [2.05, 4.69) is 46.4 Å². The second-order valence-corrected chi connectivity index (χ2v) is 5.77. The Morgan fingerprint density at radius 2 is 1.82 bits per heavy atom. The third-order valence-corrected chi connectivity index (χ3v) is 4.00. The van der Waals surface area contributed by atoms with Crippen molar-refractivity contribution in [2.24, 2.45) is 4.99 Å². The molecular weight excluding hydrogens is 290 g/mol. The van der Waals surface area contributed by atoms with Gasteiger partial charge in [-0.1, -0.05) is 60.2 Å². The Bertz CT molecular complexity index is 677. The van der Waals surface area contributed by atoms with Gasteiger partial charge in [0.15, 0.2) is 0 Å². The molecule has 0 aliphatic carbocycles. The number of thiocarbonyl (C=S) groups is 1. The van der Waals surface area contributed by atoms with E-state index in [9.17, 15) is 0 Å². The highest BCUT2D eigenvalue weighted by Gasteiger charge is 2.18. The van der Waals surface area contributed by atoms with E-state index in [0.29, 0.717) is 4.99 Å². The molecule has 3 rings (SSSR count). The van der Waals surface area contributed by atoms with E-state index in [-0.39, 0.29) is 0 Å². The fourth-order valence-corrected chi connectivity index (χ4v) is 2.68. The van der Waals surface area contributed by atoms with Crippen LogP contribution in [0.5, 0.6) is 0 Å². The molecule has 0 atom stereocenters. The Morgan fingerprint density at radius 3 is 2.55 bits per heavy atom. The van der Waals surface area contributed by atoms with Gasteiger partial charge in [-0.2, -0.15) is 0 Å². The lowest BCUT2D eigenvalue weighted by Gasteiger charge is -2.30. The summed E-state index contributed by atoms with van der Waals surface area (Å²) in [7, 11) is 0. The minimum atomic E-state index is 0.707. The number of hydrogen-bond donors (Lipinski definition) is 1. The molecule has 1 aliphatic heterocycles. The van der Waals surface area contributed by atoms with Gasteiger partial charge in [-0.25, -0.2) is 0 Å². The fourth-order valence-electron chi connectivity index (χ4n) is 2.45. The van der Waals surface area contributed by atoms with E-state index in [4.69, 9.17) is 12.2 Å². The molecule has 0 bridgehead atoms. The standard InChI is InChI=1S/C18H19N3S/c1-14-8-10-16(11-9-14)21-13-5-12-19-18(21)20-17(22)15-6-3-2-4-7-15/h2-4,6-11H,5,12-13H2,1H3,(H,19,20,22). The number of hydrogen-bond acceptors (Lipinski definition) is 3. The maximum Gasteiger partial charge on any atom is 0.203 e. The molecule has 3 nitrogen and oxygen atoms in total. The molecule has 0 radical (unpaired) electrons. The molecule has 0 aromatic heterocycles. The number of rotatable bonds is 2. The van der Waals surface area contributed by atoms with Gasteiger partial charge < -0.3 is 10.2 Å². The van der Waals surface area contributed by atoms with Gasteiger partial charge in [0.1, 0.15) is 4.99 Å². The summed E-state index contributed by atoms with van der Waals surface area (Å²) in [5, 5.41) is 3.31. The second-order valence-electron chi connectivity index (χ2n) is 5.37. The lowest BCUT2D eigenvalue weighted by molar-refractivity contribution is 0.777. The summed E-state index contributed by atoms with van der Waals surface area (Å²) in [5.41, 5.74) is 3.41. The summed E-state index contributed by atoms with van der Waals surface area (Å²) >= 11 is 5.51. The van der Waals surface area contributed by atoms with Crippen molar-refractivity contribution in [3.63, 3.8) is 0 Å². The summed E-state index contributed by atoms with van der Waals surface area (Å²) in [4.78, 5) is 7.52. The van der Waals surface area contributed by atoms with Crippen LogP contribution in [0, 0.1) is 6.92 Å². The van der Waals surface area contributed by atoms with Crippen LogP contribution in [-0.2, 0) is 0 Å². The van der Waals surface area contributed by atoms with Crippen LogP contribution < -0.4 is 10.2 Å². The van der Waals surface area contributed by atoms with Crippen LogP contribution in [0.25, 0.3) is 0 Å². The topological polar surface area (TPSA) is 27.6 Å². The molecule has 22 heavy (non-hydrogen) atoms. The van der Waals surface area contributed by atoms with Gasteiger partial charge in [-0.15, -0.1) is 0 Å². The van der Waals surface area contributed by atoms with E-state index in [1.165, 1.54) is 5.56 Å². The third kappa shape index (κ3) is 3.34. The molecule has 112 valence electrons. The zero-order valence-corrected chi connectivity index (χ0v) is 13.4. The summed E-state index contributed by atoms with van der Waals surface area (Å²) in [5.74, 6) is 0.837. The fraction of sp³-hybridized carbons (Fsp3) is 0.222. The van der Waals surface area contributed by atoms with Crippen LogP contribution in [0.2, 0.25) is 0 Å². The largest absolute Gasteiger partial charge is 0.316 e. The molecule has 2 aromatic rings. The predicted octanol–water partition coefficient (Wildman–Crippen LogP) is 3.53. The van der Waals surface area contributed by atoms with Gasteiger partial charge in [0.2, 0.25) is 5.96 Å². The Labute approximate surface area is 136 Å². The predicted molar refractivity (Wildman–Crippen MR) is 96.7 cm³/mol. The highest BCUT2D eigenvalue weighted by Crippen LogP contribution is 2.18. The molecule has 1 N–H and O–H groups in total. The average Bonchev–Trinajstić information content (AvgIpc) is 2.57. The molecule has 0 fully saturated rings. The molecule has 0 spiro atoms. The van der Waals surface area contributed by atoms with Gasteiger partial charge in [0, 0.05) is 24.3 Å². The Balaban J connectivity index is 1.80. The van der Waals surface area contributed by atoms with Crippen molar-refractivity contribution >= 4 is 28.9 Å². The van der Waals surface area contributed by atoms with Crippen molar-refractivity contribution < 1.29 is 0 Å². The average molecular weight is 309 g/mol. The van der Waals surface area contributed by atoms with Crippen molar-refractivity contribution in [3.8, 4) is 0 Å². The first-order chi connectivity index (χ1) is 10.7. The highest BCUT2D eigenvalue weighted by atomic mass is 32.1. The van der Waals surface area contributed by atoms with Crippen LogP contribution in [-0.4, -0.2) is 24.0 Å². The Morgan fingerprint density at radius 1 is 1.09 bits per heavy atom. The zero-order chi connectivity index (χ0) is 15.4. The third-order valence-electron chi connectivity index (χ3n) is 3.66. The normalized spacial score (nSPS) is 14.4. The van der Waals surface area contributed by atoms with Crippen LogP contribution in [0.15, 0.2) is 59.6 Å². The lowest BCUT2D eigenvalue weighted by atomic mass is 10.2. The van der Waals surface area contributed by atoms with Crippen molar-refractivity contribution in [2.45, 2.75) is 13.3 Å². The molecule has 0 saturated carbocycles. The van der Waals surface area contributed by atoms with Gasteiger partial charge in [0.05, 0.1) is 0 Å². The number of aliphatic imine (C=N–C) groups is 1. The first-order valence-electron chi connectivity index (χ1n) is 7.49. The Kier molecular flexibility index (Phi) is 4.49. The maximum atomic E-state index is 5.51. The quantitative estimate of drug-likeness (QED) is 0.860. The van der Waals surface area contributed by atoms with Crippen LogP contribution in [0.1, 0.15) is 17.5 Å². The van der Waals surface area contributed by atoms with E-state index in [0.717, 1.165) is 36.7 Å². The number of nitrogens with one attached hydrogen (secondary N) is 1. The summed E-state index contributed by atoms with van der Waals surface area (Å²) in [6.45, 7) is 3.88. The molecule has 2 aromatic carbocycles. The molecule has 0 saturated heterocycles. The molecule has 0 amide bonds. The molecule has 0 unspecified atom stereocenters. The first-order valence-corrected chi connectivity index (χ1v) is 7.90. The molecular formula is C18H19N3S. The zero-order valence-electron chi connectivity index (χ0n) is 12.6. The van der Waals surface area contributed by atoms with E-state index < -0.39 is 0 Å². The Hall–Kier alpha value is -2.20. The molecule has 4 heteroatoms. The highest BCUT2D eigenvalue weighted by molar-refractivity contribution is 7.80.